The van der Waals surface area contributed by atoms with Gasteiger partial charge in [-0.1, -0.05) is 0 Å². The Balaban J connectivity index is 2.39. The predicted octanol–water partition coefficient (Wildman–Crippen LogP) is 1.73. The summed E-state index contributed by atoms with van der Waals surface area (Å²) in [6.45, 7) is 1.16. The molecule has 0 aliphatic heterocycles. The summed E-state index contributed by atoms with van der Waals surface area (Å²) in [6.07, 6.45) is 5.30. The smallest absolute Gasteiger partial charge is 0.0832 e. The van der Waals surface area contributed by atoms with E-state index < -0.39 is 0 Å². The van der Waals surface area contributed by atoms with Gasteiger partial charge in [0.15, 0.2) is 0 Å². The molecule has 0 fully saturated rings. The highest BCUT2D eigenvalue weighted by Crippen LogP contribution is 2.05. The van der Waals surface area contributed by atoms with E-state index in [2.05, 4.69) is 10.8 Å². The molecular formula is C9H15NOS. The third-order valence-corrected chi connectivity index (χ3v) is 2.53. The molecule has 0 aliphatic carbocycles. The quantitative estimate of drug-likeness (QED) is 0.707. The van der Waals surface area contributed by atoms with E-state index in [0.717, 1.165) is 12.2 Å². The minimum atomic E-state index is 0.145. The van der Waals surface area contributed by atoms with Crippen molar-refractivity contribution in [2.24, 2.45) is 0 Å². The van der Waals surface area contributed by atoms with Gasteiger partial charge in [0.2, 0.25) is 0 Å². The fourth-order valence-corrected chi connectivity index (χ4v) is 1.61. The van der Waals surface area contributed by atoms with E-state index in [1.165, 1.54) is 12.2 Å². The summed E-state index contributed by atoms with van der Waals surface area (Å²) < 4.78 is 2.11. The molecule has 68 valence electrons. The average molecular weight is 185 g/mol. The molecule has 0 unspecified atom stereocenters. The fourth-order valence-electron chi connectivity index (χ4n) is 1.19. The highest BCUT2D eigenvalue weighted by Gasteiger charge is 1.97. The number of hydrogen-bond donors (Lipinski definition) is 1. The first-order valence-electron chi connectivity index (χ1n) is 4.12. The molecule has 0 saturated heterocycles. The molecule has 0 spiro atoms. The van der Waals surface area contributed by atoms with Gasteiger partial charge >= 0.3 is 0 Å². The molecule has 1 N–H and O–H groups in total. The molecule has 1 aromatic rings. The number of aliphatic hydroxyl groups excluding tert-OH is 1. The number of rotatable bonds is 5. The van der Waals surface area contributed by atoms with Gasteiger partial charge in [-0.25, -0.2) is 0 Å². The van der Waals surface area contributed by atoms with Gasteiger partial charge in [-0.3, -0.25) is 0 Å². The molecule has 0 amide bonds. The zero-order valence-corrected chi connectivity index (χ0v) is 8.18. The molecule has 0 saturated carbocycles. The maximum Gasteiger partial charge on any atom is 0.0832 e. The maximum atomic E-state index is 8.94. The zero-order chi connectivity index (χ0) is 8.81. The number of thioether (sulfide) groups is 1. The van der Waals surface area contributed by atoms with Crippen LogP contribution in [0.15, 0.2) is 18.3 Å². The SMILES string of the molecule is CSCCCn1cccc1CO. The van der Waals surface area contributed by atoms with Crippen molar-refractivity contribution < 1.29 is 5.11 Å². The molecule has 0 aliphatic rings. The Morgan fingerprint density at radius 1 is 1.58 bits per heavy atom. The largest absolute Gasteiger partial charge is 0.390 e. The highest BCUT2D eigenvalue weighted by molar-refractivity contribution is 7.98. The standard InChI is InChI=1S/C9H15NOS/c1-12-7-3-6-10-5-2-4-9(10)8-11/h2,4-5,11H,3,6-8H2,1H3. The van der Waals surface area contributed by atoms with Crippen LogP contribution < -0.4 is 0 Å². The van der Waals surface area contributed by atoms with Crippen molar-refractivity contribution in [2.45, 2.75) is 19.6 Å². The lowest BCUT2D eigenvalue weighted by Crippen LogP contribution is -2.02. The number of aromatic nitrogens is 1. The molecule has 1 aromatic heterocycles. The van der Waals surface area contributed by atoms with Crippen LogP contribution in [0.1, 0.15) is 12.1 Å². The van der Waals surface area contributed by atoms with Crippen LogP contribution in [0.4, 0.5) is 0 Å². The van der Waals surface area contributed by atoms with Crippen molar-refractivity contribution in [1.82, 2.24) is 4.57 Å². The average Bonchev–Trinajstić information content (AvgIpc) is 2.52. The summed E-state index contributed by atoms with van der Waals surface area (Å²) >= 11 is 1.86. The van der Waals surface area contributed by atoms with E-state index in [1.54, 1.807) is 0 Å². The maximum absolute atomic E-state index is 8.94. The second-order valence-corrected chi connectivity index (χ2v) is 3.68. The van der Waals surface area contributed by atoms with E-state index in [9.17, 15) is 0 Å². The van der Waals surface area contributed by atoms with Crippen LogP contribution in [0.3, 0.4) is 0 Å². The van der Waals surface area contributed by atoms with Gasteiger partial charge in [0.05, 0.1) is 6.61 Å². The lowest BCUT2D eigenvalue weighted by atomic mass is 10.4. The van der Waals surface area contributed by atoms with Crippen LogP contribution >= 0.6 is 11.8 Å². The predicted molar refractivity (Wildman–Crippen MR) is 53.4 cm³/mol. The van der Waals surface area contributed by atoms with Crippen LogP contribution in [0.5, 0.6) is 0 Å². The van der Waals surface area contributed by atoms with Crippen molar-refractivity contribution in [3.05, 3.63) is 24.0 Å². The molecule has 0 aromatic carbocycles. The highest BCUT2D eigenvalue weighted by atomic mass is 32.2. The second kappa shape index (κ2) is 5.27. The van der Waals surface area contributed by atoms with E-state index in [0.29, 0.717) is 0 Å². The van der Waals surface area contributed by atoms with Gasteiger partial charge in [-0.15, -0.1) is 0 Å². The van der Waals surface area contributed by atoms with Gasteiger partial charge in [0, 0.05) is 18.4 Å². The van der Waals surface area contributed by atoms with Crippen molar-refractivity contribution in [3.63, 3.8) is 0 Å². The summed E-state index contributed by atoms with van der Waals surface area (Å²) in [5, 5.41) is 8.94. The van der Waals surface area contributed by atoms with E-state index in [-0.39, 0.29) is 6.61 Å². The Kier molecular flexibility index (Phi) is 4.25. The Labute approximate surface area is 77.6 Å². The fraction of sp³-hybridized carbons (Fsp3) is 0.556. The van der Waals surface area contributed by atoms with E-state index in [4.69, 9.17) is 5.11 Å². The molecule has 0 atom stereocenters. The molecule has 1 heterocycles. The Bertz CT molecular complexity index is 222. The Morgan fingerprint density at radius 3 is 3.08 bits per heavy atom. The molecule has 1 rings (SSSR count). The molecule has 0 bridgehead atoms. The topological polar surface area (TPSA) is 25.2 Å². The number of hydrogen-bond acceptors (Lipinski definition) is 2. The second-order valence-electron chi connectivity index (χ2n) is 2.70. The van der Waals surface area contributed by atoms with Crippen LogP contribution in [0.2, 0.25) is 0 Å². The van der Waals surface area contributed by atoms with Crippen molar-refractivity contribution in [2.75, 3.05) is 12.0 Å². The number of aryl methyl sites for hydroxylation is 1. The van der Waals surface area contributed by atoms with Crippen molar-refractivity contribution in [3.8, 4) is 0 Å². The van der Waals surface area contributed by atoms with Crippen LogP contribution in [-0.4, -0.2) is 21.7 Å². The summed E-state index contributed by atoms with van der Waals surface area (Å²) in [4.78, 5) is 0. The van der Waals surface area contributed by atoms with Gasteiger partial charge < -0.3 is 9.67 Å². The van der Waals surface area contributed by atoms with Crippen molar-refractivity contribution >= 4 is 11.8 Å². The minimum Gasteiger partial charge on any atom is -0.390 e. The Hall–Kier alpha value is -0.410. The monoisotopic (exact) mass is 185 g/mol. The van der Waals surface area contributed by atoms with E-state index in [1.807, 2.05) is 30.1 Å². The Morgan fingerprint density at radius 2 is 2.42 bits per heavy atom. The molecule has 3 heteroatoms. The number of aliphatic hydroxyl groups is 1. The van der Waals surface area contributed by atoms with Crippen LogP contribution in [0, 0.1) is 0 Å². The summed E-state index contributed by atoms with van der Waals surface area (Å²) in [7, 11) is 0. The molecule has 0 radical (unpaired) electrons. The molecule has 12 heavy (non-hydrogen) atoms. The van der Waals surface area contributed by atoms with Gasteiger partial charge in [0.1, 0.15) is 0 Å². The van der Waals surface area contributed by atoms with Crippen molar-refractivity contribution in [1.29, 1.82) is 0 Å². The lowest BCUT2D eigenvalue weighted by Gasteiger charge is -2.05. The summed E-state index contributed by atoms with van der Waals surface area (Å²) in [6, 6.07) is 3.93. The summed E-state index contributed by atoms with van der Waals surface area (Å²) in [5.41, 5.74) is 1.01. The minimum absolute atomic E-state index is 0.145. The van der Waals surface area contributed by atoms with Gasteiger partial charge in [-0.2, -0.15) is 11.8 Å². The number of nitrogens with zero attached hydrogens (tertiary/aromatic N) is 1. The summed E-state index contributed by atoms with van der Waals surface area (Å²) in [5.74, 6) is 1.18. The van der Waals surface area contributed by atoms with E-state index >= 15 is 0 Å². The first kappa shape index (κ1) is 9.68. The molecular weight excluding hydrogens is 170 g/mol. The zero-order valence-electron chi connectivity index (χ0n) is 7.36. The molecule has 2 nitrogen and oxygen atoms in total. The van der Waals surface area contributed by atoms with Crippen LogP contribution in [0.25, 0.3) is 0 Å². The normalized spacial score (nSPS) is 10.5. The third kappa shape index (κ3) is 2.57. The van der Waals surface area contributed by atoms with Crippen LogP contribution in [-0.2, 0) is 13.2 Å². The lowest BCUT2D eigenvalue weighted by molar-refractivity contribution is 0.270. The van der Waals surface area contributed by atoms with Gasteiger partial charge in [-0.05, 0) is 30.6 Å². The first-order chi connectivity index (χ1) is 5.88. The third-order valence-electron chi connectivity index (χ3n) is 1.83. The van der Waals surface area contributed by atoms with Gasteiger partial charge in [0.25, 0.3) is 0 Å². The first-order valence-corrected chi connectivity index (χ1v) is 5.51.